The van der Waals surface area contributed by atoms with Crippen LogP contribution in [0.2, 0.25) is 0 Å². The average molecular weight is 242 g/mol. The van der Waals surface area contributed by atoms with Gasteiger partial charge in [-0.15, -0.1) is 0 Å². The van der Waals surface area contributed by atoms with Gasteiger partial charge in [0.15, 0.2) is 11.5 Å². The number of oxazole rings is 1. The van der Waals surface area contributed by atoms with Gasteiger partial charge < -0.3 is 9.73 Å². The van der Waals surface area contributed by atoms with Gasteiger partial charge in [0.25, 0.3) is 0 Å². The lowest BCUT2D eigenvalue weighted by Gasteiger charge is -2.19. The standard InChI is InChI=1S/C15H18N2O/c1-2-10(1)12-3-4-14-13(9-12)17-15(18-14)11-5-7-16-8-6-11/h3-4,9-11,16H,1-2,5-8H2. The molecule has 2 aliphatic rings. The summed E-state index contributed by atoms with van der Waals surface area (Å²) >= 11 is 0. The average Bonchev–Trinajstić information content (AvgIpc) is 3.18. The Balaban J connectivity index is 1.69. The molecule has 1 aliphatic carbocycles. The van der Waals surface area contributed by atoms with Crippen LogP contribution in [0.4, 0.5) is 0 Å². The smallest absolute Gasteiger partial charge is 0.198 e. The number of nitrogens with zero attached hydrogens (tertiary/aromatic N) is 1. The van der Waals surface area contributed by atoms with Gasteiger partial charge in [0, 0.05) is 5.92 Å². The second kappa shape index (κ2) is 4.09. The number of nitrogens with one attached hydrogen (secondary N) is 1. The van der Waals surface area contributed by atoms with Crippen molar-refractivity contribution in [3.8, 4) is 0 Å². The summed E-state index contributed by atoms with van der Waals surface area (Å²) in [6, 6.07) is 6.53. The van der Waals surface area contributed by atoms with Gasteiger partial charge in [0.2, 0.25) is 0 Å². The number of benzene rings is 1. The molecular formula is C15H18N2O. The predicted molar refractivity (Wildman–Crippen MR) is 70.8 cm³/mol. The molecule has 1 saturated carbocycles. The third-order valence-electron chi connectivity index (χ3n) is 4.17. The normalized spacial score (nSPS) is 21.6. The van der Waals surface area contributed by atoms with Crippen LogP contribution in [0.25, 0.3) is 11.1 Å². The first-order chi connectivity index (χ1) is 8.90. The summed E-state index contributed by atoms with van der Waals surface area (Å²) in [7, 11) is 0. The Kier molecular flexibility index (Phi) is 2.40. The van der Waals surface area contributed by atoms with Crippen LogP contribution in [0.3, 0.4) is 0 Å². The van der Waals surface area contributed by atoms with Crippen molar-refractivity contribution in [3.63, 3.8) is 0 Å². The minimum Gasteiger partial charge on any atom is -0.440 e. The van der Waals surface area contributed by atoms with Crippen molar-refractivity contribution in [1.29, 1.82) is 0 Å². The van der Waals surface area contributed by atoms with Crippen LogP contribution in [0.1, 0.15) is 49.0 Å². The first-order valence-electron chi connectivity index (χ1n) is 7.01. The predicted octanol–water partition coefficient (Wildman–Crippen LogP) is 3.17. The summed E-state index contributed by atoms with van der Waals surface area (Å²) in [5, 5.41) is 3.38. The molecule has 0 unspecified atom stereocenters. The molecule has 2 heterocycles. The van der Waals surface area contributed by atoms with Crippen LogP contribution in [-0.4, -0.2) is 18.1 Å². The minimum absolute atomic E-state index is 0.503. The Morgan fingerprint density at radius 1 is 1.06 bits per heavy atom. The maximum absolute atomic E-state index is 5.92. The molecule has 1 saturated heterocycles. The number of hydrogen-bond donors (Lipinski definition) is 1. The van der Waals surface area contributed by atoms with Gasteiger partial charge in [-0.1, -0.05) is 6.07 Å². The molecule has 2 fully saturated rings. The second-order valence-electron chi connectivity index (χ2n) is 5.58. The quantitative estimate of drug-likeness (QED) is 0.879. The highest BCUT2D eigenvalue weighted by atomic mass is 16.3. The molecule has 18 heavy (non-hydrogen) atoms. The number of hydrogen-bond acceptors (Lipinski definition) is 3. The van der Waals surface area contributed by atoms with E-state index in [1.165, 1.54) is 18.4 Å². The Hall–Kier alpha value is -1.35. The van der Waals surface area contributed by atoms with Crippen molar-refractivity contribution >= 4 is 11.1 Å². The van der Waals surface area contributed by atoms with Gasteiger partial charge in [-0.25, -0.2) is 4.98 Å². The Bertz CT molecular complexity index is 565. The molecule has 0 atom stereocenters. The van der Waals surface area contributed by atoms with Crippen LogP contribution in [0.15, 0.2) is 22.6 Å². The molecule has 4 rings (SSSR count). The molecule has 1 aromatic heterocycles. The number of piperidine rings is 1. The van der Waals surface area contributed by atoms with E-state index in [9.17, 15) is 0 Å². The van der Waals surface area contributed by atoms with E-state index in [4.69, 9.17) is 9.40 Å². The van der Waals surface area contributed by atoms with Crippen LogP contribution in [0, 0.1) is 0 Å². The minimum atomic E-state index is 0.503. The van der Waals surface area contributed by atoms with Gasteiger partial charge in [0.1, 0.15) is 5.52 Å². The van der Waals surface area contributed by atoms with Crippen molar-refractivity contribution in [2.45, 2.75) is 37.5 Å². The van der Waals surface area contributed by atoms with Crippen LogP contribution >= 0.6 is 0 Å². The second-order valence-corrected chi connectivity index (χ2v) is 5.58. The fraction of sp³-hybridized carbons (Fsp3) is 0.533. The highest BCUT2D eigenvalue weighted by Crippen LogP contribution is 2.41. The summed E-state index contributed by atoms with van der Waals surface area (Å²) in [5.41, 5.74) is 3.44. The van der Waals surface area contributed by atoms with Crippen LogP contribution in [0.5, 0.6) is 0 Å². The van der Waals surface area contributed by atoms with E-state index in [1.54, 1.807) is 0 Å². The summed E-state index contributed by atoms with van der Waals surface area (Å²) in [4.78, 5) is 4.71. The molecule has 1 N–H and O–H groups in total. The van der Waals surface area contributed by atoms with E-state index in [0.29, 0.717) is 5.92 Å². The van der Waals surface area contributed by atoms with Crippen molar-refractivity contribution < 1.29 is 4.42 Å². The van der Waals surface area contributed by atoms with Gasteiger partial charge >= 0.3 is 0 Å². The molecule has 3 nitrogen and oxygen atoms in total. The Morgan fingerprint density at radius 3 is 2.67 bits per heavy atom. The van der Waals surface area contributed by atoms with E-state index in [0.717, 1.165) is 48.8 Å². The lowest BCUT2D eigenvalue weighted by atomic mass is 9.98. The topological polar surface area (TPSA) is 38.1 Å². The molecular weight excluding hydrogens is 224 g/mol. The number of rotatable bonds is 2. The molecule has 0 radical (unpaired) electrons. The Labute approximate surface area is 107 Å². The van der Waals surface area contributed by atoms with E-state index >= 15 is 0 Å². The van der Waals surface area contributed by atoms with Gasteiger partial charge in [-0.05, 0) is 62.4 Å². The molecule has 0 bridgehead atoms. The number of fused-ring (bicyclic) bond motifs is 1. The van der Waals surface area contributed by atoms with E-state index < -0.39 is 0 Å². The lowest BCUT2D eigenvalue weighted by molar-refractivity contribution is 0.385. The monoisotopic (exact) mass is 242 g/mol. The molecule has 1 aromatic carbocycles. The van der Waals surface area contributed by atoms with E-state index in [-0.39, 0.29) is 0 Å². The highest BCUT2D eigenvalue weighted by Gasteiger charge is 2.25. The maximum Gasteiger partial charge on any atom is 0.198 e. The zero-order chi connectivity index (χ0) is 11.9. The zero-order valence-electron chi connectivity index (χ0n) is 10.5. The summed E-state index contributed by atoms with van der Waals surface area (Å²) in [5.74, 6) is 2.23. The third-order valence-corrected chi connectivity index (χ3v) is 4.17. The SMILES string of the molecule is c1cc2oc(C3CCNCC3)nc2cc1C1CC1. The third kappa shape index (κ3) is 1.83. The van der Waals surface area contributed by atoms with Gasteiger partial charge in [-0.3, -0.25) is 0 Å². The molecule has 0 spiro atoms. The van der Waals surface area contributed by atoms with Crippen LogP contribution < -0.4 is 5.32 Å². The summed E-state index contributed by atoms with van der Waals surface area (Å²) in [6.45, 7) is 2.16. The molecule has 0 amide bonds. The van der Waals surface area contributed by atoms with E-state index in [1.807, 2.05) is 0 Å². The molecule has 94 valence electrons. The zero-order valence-corrected chi connectivity index (χ0v) is 10.5. The highest BCUT2D eigenvalue weighted by molar-refractivity contribution is 5.73. The van der Waals surface area contributed by atoms with Crippen molar-refractivity contribution in [1.82, 2.24) is 10.3 Å². The van der Waals surface area contributed by atoms with Gasteiger partial charge in [-0.2, -0.15) is 0 Å². The summed E-state index contributed by atoms with van der Waals surface area (Å²) < 4.78 is 5.92. The summed E-state index contributed by atoms with van der Waals surface area (Å²) in [6.07, 6.45) is 4.96. The lowest BCUT2D eigenvalue weighted by Crippen LogP contribution is -2.26. The number of aromatic nitrogens is 1. The fourth-order valence-corrected chi connectivity index (χ4v) is 2.88. The molecule has 3 heteroatoms. The van der Waals surface area contributed by atoms with Crippen molar-refractivity contribution in [2.75, 3.05) is 13.1 Å². The largest absolute Gasteiger partial charge is 0.440 e. The van der Waals surface area contributed by atoms with Crippen LogP contribution in [-0.2, 0) is 0 Å². The molecule has 1 aliphatic heterocycles. The van der Waals surface area contributed by atoms with Crippen molar-refractivity contribution in [2.24, 2.45) is 0 Å². The maximum atomic E-state index is 5.92. The first kappa shape index (κ1) is 10.6. The van der Waals surface area contributed by atoms with E-state index in [2.05, 4.69) is 23.5 Å². The first-order valence-corrected chi connectivity index (χ1v) is 7.01. The Morgan fingerprint density at radius 2 is 1.89 bits per heavy atom. The molecule has 2 aromatic rings. The van der Waals surface area contributed by atoms with Crippen molar-refractivity contribution in [3.05, 3.63) is 29.7 Å². The fourth-order valence-electron chi connectivity index (χ4n) is 2.88. The van der Waals surface area contributed by atoms with Gasteiger partial charge in [0.05, 0.1) is 0 Å².